The number of nitrogens with one attached hydrogen (secondary N) is 1. The van der Waals surface area contributed by atoms with Crippen LogP contribution in [0, 0.1) is 5.92 Å². The van der Waals surface area contributed by atoms with Gasteiger partial charge in [0.15, 0.2) is 0 Å². The third kappa shape index (κ3) is 5.40. The smallest absolute Gasteiger partial charge is 0.303 e. The second-order valence-electron chi connectivity index (χ2n) is 4.20. The zero-order chi connectivity index (χ0) is 11.1. The van der Waals surface area contributed by atoms with E-state index in [0.29, 0.717) is 5.92 Å². The van der Waals surface area contributed by atoms with E-state index in [9.17, 15) is 9.59 Å². The van der Waals surface area contributed by atoms with Gasteiger partial charge in [0.05, 0.1) is 6.42 Å². The van der Waals surface area contributed by atoms with E-state index in [-0.39, 0.29) is 18.7 Å². The molecule has 0 aliphatic heterocycles. The number of aliphatic carboxylic acids is 1. The van der Waals surface area contributed by atoms with Crippen LogP contribution in [0.3, 0.4) is 0 Å². The van der Waals surface area contributed by atoms with E-state index in [1.165, 1.54) is 32.1 Å². The highest BCUT2D eigenvalue weighted by molar-refractivity contribution is 5.80. The molecule has 0 radical (unpaired) electrons. The van der Waals surface area contributed by atoms with E-state index in [4.69, 9.17) is 5.11 Å². The van der Waals surface area contributed by atoms with Gasteiger partial charge in [0, 0.05) is 13.0 Å². The highest BCUT2D eigenvalue weighted by Gasteiger charge is 2.14. The zero-order valence-electron chi connectivity index (χ0n) is 9.00. The molecule has 0 spiro atoms. The zero-order valence-corrected chi connectivity index (χ0v) is 9.00. The molecule has 0 unspecified atom stereocenters. The molecule has 1 fully saturated rings. The van der Waals surface area contributed by atoms with Crippen molar-refractivity contribution in [1.29, 1.82) is 0 Å². The summed E-state index contributed by atoms with van der Waals surface area (Å²) >= 11 is 0. The van der Waals surface area contributed by atoms with Gasteiger partial charge in [0.2, 0.25) is 5.91 Å². The average Bonchev–Trinajstić information content (AvgIpc) is 2.25. The Balaban J connectivity index is 2.07. The van der Waals surface area contributed by atoms with Gasteiger partial charge in [-0.1, -0.05) is 19.3 Å². The summed E-state index contributed by atoms with van der Waals surface area (Å²) in [5, 5.41) is 11.2. The number of carboxylic acids is 1. The number of carbonyl (C=O) groups is 2. The van der Waals surface area contributed by atoms with Gasteiger partial charge in [-0.2, -0.15) is 0 Å². The van der Waals surface area contributed by atoms with Crippen LogP contribution in [0.15, 0.2) is 0 Å². The summed E-state index contributed by atoms with van der Waals surface area (Å²) in [6.07, 6.45) is 6.24. The minimum atomic E-state index is -0.914. The molecule has 0 saturated heterocycles. The Morgan fingerprint density at radius 2 is 1.80 bits per heavy atom. The second kappa shape index (κ2) is 6.43. The Labute approximate surface area is 90.0 Å². The van der Waals surface area contributed by atoms with Crippen molar-refractivity contribution in [2.24, 2.45) is 5.92 Å². The first kappa shape index (κ1) is 12.0. The molecule has 0 aromatic carbocycles. The molecule has 4 heteroatoms. The van der Waals surface area contributed by atoms with Crippen LogP contribution in [0.25, 0.3) is 0 Å². The Morgan fingerprint density at radius 3 is 2.40 bits per heavy atom. The molecule has 1 saturated carbocycles. The van der Waals surface area contributed by atoms with E-state index in [2.05, 4.69) is 5.32 Å². The lowest BCUT2D eigenvalue weighted by Crippen LogP contribution is -2.30. The molecule has 0 heterocycles. The van der Waals surface area contributed by atoms with Gasteiger partial charge in [-0.15, -0.1) is 0 Å². The Kier molecular flexibility index (Phi) is 5.15. The first-order valence-electron chi connectivity index (χ1n) is 5.67. The molecule has 0 aromatic heterocycles. The van der Waals surface area contributed by atoms with Crippen LogP contribution < -0.4 is 5.32 Å². The molecule has 1 aliphatic carbocycles. The Hall–Kier alpha value is -1.06. The molecular formula is C11H19NO3. The van der Waals surface area contributed by atoms with Crippen LogP contribution in [0.2, 0.25) is 0 Å². The molecule has 86 valence electrons. The van der Waals surface area contributed by atoms with Gasteiger partial charge in [0.25, 0.3) is 0 Å². The average molecular weight is 213 g/mol. The maximum absolute atomic E-state index is 11.2. The van der Waals surface area contributed by atoms with Crippen molar-refractivity contribution in [2.45, 2.75) is 44.9 Å². The van der Waals surface area contributed by atoms with Crippen molar-refractivity contribution >= 4 is 11.9 Å². The normalized spacial score (nSPS) is 17.3. The van der Waals surface area contributed by atoms with Gasteiger partial charge in [-0.05, 0) is 18.8 Å². The molecule has 1 amide bonds. The Morgan fingerprint density at radius 1 is 1.13 bits per heavy atom. The summed E-state index contributed by atoms with van der Waals surface area (Å²) < 4.78 is 0. The molecular weight excluding hydrogens is 194 g/mol. The van der Waals surface area contributed by atoms with E-state index in [0.717, 1.165) is 6.54 Å². The third-order valence-electron chi connectivity index (χ3n) is 2.88. The SMILES string of the molecule is O=C(O)CCC(=O)NCC1CCCCC1. The molecule has 2 N–H and O–H groups in total. The topological polar surface area (TPSA) is 66.4 Å². The van der Waals surface area contributed by atoms with Crippen LogP contribution in [-0.4, -0.2) is 23.5 Å². The monoisotopic (exact) mass is 213 g/mol. The molecule has 1 aliphatic rings. The lowest BCUT2D eigenvalue weighted by molar-refractivity contribution is -0.138. The standard InChI is InChI=1S/C11H19NO3/c13-10(6-7-11(14)15)12-8-9-4-2-1-3-5-9/h9H,1-8H2,(H,12,13)(H,14,15). The van der Waals surface area contributed by atoms with Crippen LogP contribution in [-0.2, 0) is 9.59 Å². The molecule has 15 heavy (non-hydrogen) atoms. The van der Waals surface area contributed by atoms with Crippen LogP contribution in [0.1, 0.15) is 44.9 Å². The number of carboxylic acid groups (broad SMARTS) is 1. The van der Waals surface area contributed by atoms with Gasteiger partial charge < -0.3 is 10.4 Å². The highest BCUT2D eigenvalue weighted by Crippen LogP contribution is 2.22. The quantitative estimate of drug-likeness (QED) is 0.728. The van der Waals surface area contributed by atoms with Crippen LogP contribution in [0.4, 0.5) is 0 Å². The van der Waals surface area contributed by atoms with Gasteiger partial charge in [-0.25, -0.2) is 0 Å². The fraction of sp³-hybridized carbons (Fsp3) is 0.818. The number of amides is 1. The predicted octanol–water partition coefficient (Wildman–Crippen LogP) is 1.55. The molecule has 4 nitrogen and oxygen atoms in total. The van der Waals surface area contributed by atoms with E-state index < -0.39 is 5.97 Å². The summed E-state index contributed by atoms with van der Waals surface area (Å²) in [5.74, 6) is -0.446. The van der Waals surface area contributed by atoms with Crippen molar-refractivity contribution in [2.75, 3.05) is 6.54 Å². The minimum Gasteiger partial charge on any atom is -0.481 e. The van der Waals surface area contributed by atoms with Gasteiger partial charge >= 0.3 is 5.97 Å². The van der Waals surface area contributed by atoms with E-state index in [1.807, 2.05) is 0 Å². The van der Waals surface area contributed by atoms with E-state index in [1.54, 1.807) is 0 Å². The fourth-order valence-corrected chi connectivity index (χ4v) is 1.96. The van der Waals surface area contributed by atoms with Crippen molar-refractivity contribution in [3.05, 3.63) is 0 Å². The summed E-state index contributed by atoms with van der Waals surface area (Å²) in [7, 11) is 0. The van der Waals surface area contributed by atoms with Crippen molar-refractivity contribution in [1.82, 2.24) is 5.32 Å². The first-order chi connectivity index (χ1) is 7.18. The summed E-state index contributed by atoms with van der Waals surface area (Å²) in [6.45, 7) is 0.721. The molecule has 0 bridgehead atoms. The van der Waals surface area contributed by atoms with Gasteiger partial charge in [0.1, 0.15) is 0 Å². The molecule has 0 atom stereocenters. The minimum absolute atomic E-state index is 0.0729. The maximum atomic E-state index is 11.2. The highest BCUT2D eigenvalue weighted by atomic mass is 16.4. The fourth-order valence-electron chi connectivity index (χ4n) is 1.96. The van der Waals surface area contributed by atoms with Gasteiger partial charge in [-0.3, -0.25) is 9.59 Å². The number of carbonyl (C=O) groups excluding carboxylic acids is 1. The maximum Gasteiger partial charge on any atom is 0.303 e. The van der Waals surface area contributed by atoms with E-state index >= 15 is 0 Å². The van der Waals surface area contributed by atoms with Crippen LogP contribution >= 0.6 is 0 Å². The summed E-state index contributed by atoms with van der Waals surface area (Å²) in [6, 6.07) is 0. The van der Waals surface area contributed by atoms with Crippen molar-refractivity contribution < 1.29 is 14.7 Å². The Bertz CT molecular complexity index is 222. The largest absolute Gasteiger partial charge is 0.481 e. The number of rotatable bonds is 5. The van der Waals surface area contributed by atoms with Crippen LogP contribution in [0.5, 0.6) is 0 Å². The predicted molar refractivity (Wildman–Crippen MR) is 56.5 cm³/mol. The summed E-state index contributed by atoms with van der Waals surface area (Å²) in [5.41, 5.74) is 0. The lowest BCUT2D eigenvalue weighted by Gasteiger charge is -2.21. The lowest BCUT2D eigenvalue weighted by atomic mass is 9.89. The van der Waals surface area contributed by atoms with Crippen molar-refractivity contribution in [3.63, 3.8) is 0 Å². The molecule has 0 aromatic rings. The second-order valence-corrected chi connectivity index (χ2v) is 4.20. The third-order valence-corrected chi connectivity index (χ3v) is 2.88. The number of hydrogen-bond donors (Lipinski definition) is 2. The van der Waals surface area contributed by atoms with Crippen molar-refractivity contribution in [3.8, 4) is 0 Å². The first-order valence-corrected chi connectivity index (χ1v) is 5.67. The summed E-state index contributed by atoms with van der Waals surface area (Å²) in [4.78, 5) is 21.4. The number of hydrogen-bond acceptors (Lipinski definition) is 2. The molecule has 1 rings (SSSR count).